The van der Waals surface area contributed by atoms with Crippen molar-refractivity contribution in [2.75, 3.05) is 13.2 Å². The molecule has 1 aliphatic rings. The Morgan fingerprint density at radius 3 is 2.69 bits per heavy atom. The van der Waals surface area contributed by atoms with Crippen LogP contribution >= 0.6 is 0 Å². The van der Waals surface area contributed by atoms with Gasteiger partial charge in [-0.25, -0.2) is 0 Å². The molecule has 0 radical (unpaired) electrons. The second-order valence-electron chi connectivity index (χ2n) is 8.35. The first-order chi connectivity index (χ1) is 17.6. The minimum atomic E-state index is -1.46. The average molecular weight is 484 g/mol. The van der Waals surface area contributed by atoms with Gasteiger partial charge in [-0.15, -0.1) is 10.2 Å². The van der Waals surface area contributed by atoms with Crippen molar-refractivity contribution in [2.45, 2.75) is 18.6 Å². The Hall–Kier alpha value is -4.50. The molecule has 5 rings (SSSR count). The number of ketones is 1. The number of aromatic nitrogens is 4. The number of fused-ring (bicyclic) bond motifs is 1. The van der Waals surface area contributed by atoms with E-state index in [1.165, 1.54) is 11.6 Å². The highest BCUT2D eigenvalue weighted by molar-refractivity contribution is 6.09. The summed E-state index contributed by atoms with van der Waals surface area (Å²) >= 11 is 0. The van der Waals surface area contributed by atoms with Gasteiger partial charge >= 0.3 is 0 Å². The molecule has 2 heterocycles. The van der Waals surface area contributed by atoms with Crippen molar-refractivity contribution in [1.29, 1.82) is 0 Å². The second-order valence-corrected chi connectivity index (χ2v) is 8.35. The zero-order valence-electron chi connectivity index (χ0n) is 19.5. The lowest BCUT2D eigenvalue weighted by molar-refractivity contribution is -0.0154. The molecule has 0 saturated heterocycles. The van der Waals surface area contributed by atoms with Crippen LogP contribution in [0, 0.1) is 0 Å². The topological polar surface area (TPSA) is 125 Å². The third-order valence-electron chi connectivity index (χ3n) is 5.72. The summed E-state index contributed by atoms with van der Waals surface area (Å²) in [5, 5.41) is 13.6. The Balaban J connectivity index is 1.20. The molecule has 0 amide bonds. The molecule has 1 unspecified atom stereocenters. The Bertz CT molecular complexity index is 1340. The third-order valence-corrected chi connectivity index (χ3v) is 5.72. The molecule has 0 spiro atoms. The number of aryl methyl sites for hydroxylation is 1. The molecule has 0 fully saturated rings. The van der Waals surface area contributed by atoms with E-state index < -0.39 is 5.72 Å². The number of nitrogens with two attached hydrogens (primary N) is 1. The summed E-state index contributed by atoms with van der Waals surface area (Å²) in [4.78, 5) is 13.0. The maximum absolute atomic E-state index is 13.0. The summed E-state index contributed by atoms with van der Waals surface area (Å²) in [6.45, 7) is 0.615. The minimum Gasteiger partial charge on any atom is -0.494 e. The maximum Gasteiger partial charge on any atom is 0.257 e. The molecule has 0 bridgehead atoms. The zero-order valence-corrected chi connectivity index (χ0v) is 19.5. The number of aromatic amines is 1. The van der Waals surface area contributed by atoms with Gasteiger partial charge < -0.3 is 14.2 Å². The predicted octanol–water partition coefficient (Wildman–Crippen LogP) is 3.69. The number of rotatable bonds is 9. The SMILES string of the molecule is NC1(c2nn[nH]n2)COc2cccc(C(=O)C=Cc3ccc(OCCCc4ccccc4)cc3)c2O1. The molecule has 4 aromatic rings. The highest BCUT2D eigenvalue weighted by Crippen LogP contribution is 2.39. The molecule has 1 aromatic heterocycles. The Morgan fingerprint density at radius 2 is 1.92 bits per heavy atom. The normalized spacial score (nSPS) is 16.7. The van der Waals surface area contributed by atoms with E-state index in [1.807, 2.05) is 42.5 Å². The number of para-hydroxylation sites is 1. The fraction of sp³-hybridized carbons (Fsp3) is 0.185. The standard InChI is InChI=1S/C27H25N5O4/c28-27(26-29-31-32-30-26)18-35-24-10-4-9-22(25(24)36-27)23(33)16-13-20-11-14-21(15-12-20)34-17-5-8-19-6-2-1-3-7-19/h1-4,6-7,9-16H,5,8,17-18,28H2,(H,29,30,31,32). The summed E-state index contributed by atoms with van der Waals surface area (Å²) in [6, 6.07) is 23.0. The molecule has 182 valence electrons. The van der Waals surface area contributed by atoms with Crippen LogP contribution in [0.5, 0.6) is 17.2 Å². The van der Waals surface area contributed by atoms with Crippen LogP contribution in [0.1, 0.15) is 33.7 Å². The lowest BCUT2D eigenvalue weighted by Crippen LogP contribution is -2.51. The van der Waals surface area contributed by atoms with Crippen LogP contribution in [0.2, 0.25) is 0 Å². The van der Waals surface area contributed by atoms with Gasteiger partial charge in [0.15, 0.2) is 17.3 Å². The van der Waals surface area contributed by atoms with Gasteiger partial charge in [0.2, 0.25) is 5.82 Å². The van der Waals surface area contributed by atoms with Crippen LogP contribution in [-0.4, -0.2) is 39.6 Å². The molecule has 1 aliphatic heterocycles. The average Bonchev–Trinajstić information content (AvgIpc) is 3.47. The van der Waals surface area contributed by atoms with Crippen LogP contribution in [0.3, 0.4) is 0 Å². The van der Waals surface area contributed by atoms with Gasteiger partial charge in [0.1, 0.15) is 12.4 Å². The van der Waals surface area contributed by atoms with Gasteiger partial charge in [-0.2, -0.15) is 5.21 Å². The van der Waals surface area contributed by atoms with E-state index in [2.05, 4.69) is 32.8 Å². The number of nitrogens with one attached hydrogen (secondary N) is 1. The summed E-state index contributed by atoms with van der Waals surface area (Å²) in [5.74, 6) is 1.33. The van der Waals surface area contributed by atoms with Crippen molar-refractivity contribution in [3.63, 3.8) is 0 Å². The number of hydrogen-bond acceptors (Lipinski definition) is 8. The summed E-state index contributed by atoms with van der Waals surface area (Å²) < 4.78 is 17.5. The number of hydrogen-bond donors (Lipinski definition) is 2. The van der Waals surface area contributed by atoms with E-state index in [1.54, 1.807) is 24.3 Å². The molecule has 9 nitrogen and oxygen atoms in total. The first-order valence-corrected chi connectivity index (χ1v) is 11.6. The number of carbonyl (C=O) groups excluding carboxylic acids is 1. The monoisotopic (exact) mass is 483 g/mol. The fourth-order valence-electron chi connectivity index (χ4n) is 3.82. The lowest BCUT2D eigenvalue weighted by atomic mass is 10.1. The number of benzene rings is 3. The summed E-state index contributed by atoms with van der Waals surface area (Å²) in [6.07, 6.45) is 5.13. The van der Waals surface area contributed by atoms with Crippen LogP contribution < -0.4 is 19.9 Å². The van der Waals surface area contributed by atoms with Crippen molar-refractivity contribution in [1.82, 2.24) is 20.6 Å². The number of ether oxygens (including phenoxy) is 3. The lowest BCUT2D eigenvalue weighted by Gasteiger charge is -2.33. The molecule has 0 aliphatic carbocycles. The summed E-state index contributed by atoms with van der Waals surface area (Å²) in [5.41, 5.74) is 7.31. The Kier molecular flexibility index (Phi) is 6.72. The van der Waals surface area contributed by atoms with E-state index in [0.29, 0.717) is 17.9 Å². The number of tetrazole rings is 1. The van der Waals surface area contributed by atoms with E-state index in [4.69, 9.17) is 19.9 Å². The molecular weight excluding hydrogens is 458 g/mol. The predicted molar refractivity (Wildman–Crippen MR) is 133 cm³/mol. The van der Waals surface area contributed by atoms with Crippen molar-refractivity contribution < 1.29 is 19.0 Å². The number of carbonyl (C=O) groups is 1. The minimum absolute atomic E-state index is 0.0201. The van der Waals surface area contributed by atoms with Crippen LogP contribution in [-0.2, 0) is 12.1 Å². The quantitative estimate of drug-likeness (QED) is 0.210. The van der Waals surface area contributed by atoms with Crippen LogP contribution in [0.15, 0.2) is 78.9 Å². The first-order valence-electron chi connectivity index (χ1n) is 11.6. The number of allylic oxidation sites excluding steroid dienone is 1. The summed E-state index contributed by atoms with van der Waals surface area (Å²) in [7, 11) is 0. The van der Waals surface area contributed by atoms with E-state index in [0.717, 1.165) is 24.2 Å². The number of H-pyrrole nitrogens is 1. The van der Waals surface area contributed by atoms with E-state index in [9.17, 15) is 4.79 Å². The molecule has 36 heavy (non-hydrogen) atoms. The third kappa shape index (κ3) is 5.26. The highest BCUT2D eigenvalue weighted by atomic mass is 16.6. The molecular formula is C27H25N5O4. The van der Waals surface area contributed by atoms with E-state index in [-0.39, 0.29) is 24.0 Å². The van der Waals surface area contributed by atoms with Gasteiger partial charge in [-0.05, 0) is 59.5 Å². The van der Waals surface area contributed by atoms with Gasteiger partial charge in [-0.3, -0.25) is 10.5 Å². The zero-order chi connectivity index (χ0) is 24.8. The van der Waals surface area contributed by atoms with Gasteiger partial charge in [0.25, 0.3) is 5.72 Å². The van der Waals surface area contributed by atoms with Crippen molar-refractivity contribution in [3.8, 4) is 17.2 Å². The number of nitrogens with zero attached hydrogens (tertiary/aromatic N) is 3. The molecule has 3 N–H and O–H groups in total. The maximum atomic E-state index is 13.0. The first kappa shape index (κ1) is 23.3. The highest BCUT2D eigenvalue weighted by Gasteiger charge is 2.41. The fourth-order valence-corrected chi connectivity index (χ4v) is 3.82. The Morgan fingerprint density at radius 1 is 1.08 bits per heavy atom. The van der Waals surface area contributed by atoms with Gasteiger partial charge in [0.05, 0.1) is 12.2 Å². The molecule has 9 heteroatoms. The molecule has 1 atom stereocenters. The van der Waals surface area contributed by atoms with Crippen LogP contribution in [0.25, 0.3) is 6.08 Å². The van der Waals surface area contributed by atoms with Gasteiger partial charge in [-0.1, -0.05) is 54.6 Å². The Labute approximate surface area is 207 Å². The van der Waals surface area contributed by atoms with Gasteiger partial charge in [0, 0.05) is 0 Å². The van der Waals surface area contributed by atoms with Crippen molar-refractivity contribution in [2.24, 2.45) is 5.73 Å². The second kappa shape index (κ2) is 10.4. The molecule has 3 aromatic carbocycles. The van der Waals surface area contributed by atoms with Crippen molar-refractivity contribution >= 4 is 11.9 Å². The smallest absolute Gasteiger partial charge is 0.257 e. The molecule has 0 saturated carbocycles. The van der Waals surface area contributed by atoms with Crippen molar-refractivity contribution in [3.05, 3.63) is 101 Å². The largest absolute Gasteiger partial charge is 0.494 e. The van der Waals surface area contributed by atoms with Crippen LogP contribution in [0.4, 0.5) is 0 Å². The van der Waals surface area contributed by atoms with E-state index >= 15 is 0 Å².